The van der Waals surface area contributed by atoms with Crippen LogP contribution < -0.4 is 0 Å². The Bertz CT molecular complexity index is 601. The molecule has 3 nitrogen and oxygen atoms in total. The Hall–Kier alpha value is -1.63. The third-order valence-corrected chi connectivity index (χ3v) is 2.72. The van der Waals surface area contributed by atoms with E-state index in [4.69, 9.17) is 11.6 Å². The van der Waals surface area contributed by atoms with Crippen LogP contribution in [-0.4, -0.2) is 14.8 Å². The molecule has 1 heterocycles. The van der Waals surface area contributed by atoms with Gasteiger partial charge in [0.25, 0.3) is 0 Å². The minimum Gasteiger partial charge on any atom is -0.264 e. The van der Waals surface area contributed by atoms with Crippen LogP contribution in [0.4, 0.5) is 17.6 Å². The van der Waals surface area contributed by atoms with Crippen molar-refractivity contribution in [1.29, 1.82) is 0 Å². The molecule has 0 spiro atoms. The van der Waals surface area contributed by atoms with Crippen LogP contribution in [0.3, 0.4) is 0 Å². The van der Waals surface area contributed by atoms with Crippen molar-refractivity contribution in [1.82, 2.24) is 14.8 Å². The predicted octanol–water partition coefficient (Wildman–Crippen LogP) is 3.43. The Morgan fingerprint density at radius 2 is 1.68 bits per heavy atom. The maximum Gasteiger partial charge on any atom is 0.229 e. The fourth-order valence-electron chi connectivity index (χ4n) is 1.66. The molecule has 0 aliphatic heterocycles. The summed E-state index contributed by atoms with van der Waals surface area (Å²) in [6.07, 6.45) is 0.896. The summed E-state index contributed by atoms with van der Waals surface area (Å²) in [6.45, 7) is 1.80. The number of aryl methyl sites for hydroxylation is 1. The summed E-state index contributed by atoms with van der Waals surface area (Å²) < 4.78 is 54.5. The molecule has 0 aliphatic carbocycles. The molecule has 0 radical (unpaired) electrons. The Labute approximate surface area is 110 Å². The Morgan fingerprint density at radius 1 is 1.11 bits per heavy atom. The molecule has 0 unspecified atom stereocenters. The molecule has 8 heteroatoms. The fraction of sp³-hybridized carbons (Fsp3) is 0.273. The van der Waals surface area contributed by atoms with E-state index in [1.54, 1.807) is 6.92 Å². The normalized spacial score (nSPS) is 11.1. The van der Waals surface area contributed by atoms with Crippen LogP contribution in [0.25, 0.3) is 5.69 Å². The van der Waals surface area contributed by atoms with Gasteiger partial charge in [-0.25, -0.2) is 17.6 Å². The molecule has 0 saturated carbocycles. The lowest BCUT2D eigenvalue weighted by atomic mass is 10.2. The maximum atomic E-state index is 13.7. The van der Waals surface area contributed by atoms with Crippen LogP contribution >= 0.6 is 11.6 Å². The first kappa shape index (κ1) is 13.8. The van der Waals surface area contributed by atoms with E-state index in [0.717, 1.165) is 4.57 Å². The van der Waals surface area contributed by atoms with Crippen molar-refractivity contribution in [2.45, 2.75) is 19.8 Å². The highest BCUT2D eigenvalue weighted by Gasteiger charge is 2.24. The van der Waals surface area contributed by atoms with Crippen molar-refractivity contribution in [3.63, 3.8) is 0 Å². The molecule has 0 aliphatic rings. The Balaban J connectivity index is 2.75. The molecule has 0 amide bonds. The summed E-state index contributed by atoms with van der Waals surface area (Å²) in [5, 5.41) is 6.71. The van der Waals surface area contributed by atoms with E-state index in [1.807, 2.05) is 0 Å². The smallest absolute Gasteiger partial charge is 0.229 e. The fourth-order valence-corrected chi connectivity index (χ4v) is 1.88. The number of halogens is 5. The van der Waals surface area contributed by atoms with Crippen molar-refractivity contribution in [2.24, 2.45) is 0 Å². The summed E-state index contributed by atoms with van der Waals surface area (Å²) in [5.74, 6) is -5.99. The van der Waals surface area contributed by atoms with Gasteiger partial charge in [0.1, 0.15) is 11.5 Å². The van der Waals surface area contributed by atoms with Gasteiger partial charge in [-0.05, 0) is 18.0 Å². The Kier molecular flexibility index (Phi) is 3.75. The summed E-state index contributed by atoms with van der Waals surface area (Å²) in [4.78, 5) is 0. The van der Waals surface area contributed by atoms with E-state index in [9.17, 15) is 17.6 Å². The summed E-state index contributed by atoms with van der Waals surface area (Å²) in [5.41, 5.74) is -0.948. The number of nitrogens with zero attached hydrogens (tertiary/aromatic N) is 3. The van der Waals surface area contributed by atoms with Crippen LogP contribution in [0, 0.1) is 23.3 Å². The quantitative estimate of drug-likeness (QED) is 0.641. The number of rotatable bonds is 3. The number of hydrogen-bond donors (Lipinski definition) is 0. The van der Waals surface area contributed by atoms with Crippen LogP contribution in [0.2, 0.25) is 5.28 Å². The first-order valence-electron chi connectivity index (χ1n) is 5.40. The molecule has 2 rings (SSSR count). The molecule has 102 valence electrons. The molecule has 0 atom stereocenters. The SMILES string of the molecule is CCCc1nnc(Cl)n1-c1c(F)c(F)cc(F)c1F. The van der Waals surface area contributed by atoms with Gasteiger partial charge in [-0.1, -0.05) is 6.92 Å². The summed E-state index contributed by atoms with van der Waals surface area (Å²) >= 11 is 5.67. The lowest BCUT2D eigenvalue weighted by molar-refractivity contribution is 0.446. The number of hydrogen-bond acceptors (Lipinski definition) is 2. The molecule has 0 fully saturated rings. The van der Waals surface area contributed by atoms with E-state index >= 15 is 0 Å². The van der Waals surface area contributed by atoms with Crippen LogP contribution in [0.15, 0.2) is 6.07 Å². The van der Waals surface area contributed by atoms with E-state index in [0.29, 0.717) is 12.8 Å². The molecule has 0 N–H and O–H groups in total. The van der Waals surface area contributed by atoms with Crippen LogP contribution in [0.5, 0.6) is 0 Å². The lowest BCUT2D eigenvalue weighted by Crippen LogP contribution is -2.10. The third-order valence-electron chi connectivity index (χ3n) is 2.48. The van der Waals surface area contributed by atoms with Crippen molar-refractivity contribution < 1.29 is 17.6 Å². The maximum absolute atomic E-state index is 13.7. The molecule has 2 aromatic rings. The molecular weight excluding hydrogens is 286 g/mol. The monoisotopic (exact) mass is 293 g/mol. The van der Waals surface area contributed by atoms with Gasteiger partial charge in [0, 0.05) is 12.5 Å². The molecular formula is C11H8ClF4N3. The van der Waals surface area contributed by atoms with Crippen molar-refractivity contribution in [2.75, 3.05) is 0 Å². The zero-order valence-corrected chi connectivity index (χ0v) is 10.5. The zero-order valence-electron chi connectivity index (χ0n) is 9.72. The molecule has 19 heavy (non-hydrogen) atoms. The van der Waals surface area contributed by atoms with Crippen molar-refractivity contribution in [3.05, 3.63) is 40.4 Å². The topological polar surface area (TPSA) is 30.7 Å². The van der Waals surface area contributed by atoms with Gasteiger partial charge in [0.15, 0.2) is 23.3 Å². The Morgan fingerprint density at radius 3 is 2.21 bits per heavy atom. The van der Waals surface area contributed by atoms with E-state index in [1.165, 1.54) is 0 Å². The van der Waals surface area contributed by atoms with Crippen molar-refractivity contribution >= 4 is 11.6 Å². The second-order valence-corrected chi connectivity index (χ2v) is 4.13. The highest BCUT2D eigenvalue weighted by molar-refractivity contribution is 6.28. The zero-order chi connectivity index (χ0) is 14.2. The number of benzene rings is 1. The molecule has 1 aromatic heterocycles. The van der Waals surface area contributed by atoms with Crippen molar-refractivity contribution in [3.8, 4) is 5.69 Å². The van der Waals surface area contributed by atoms with Gasteiger partial charge in [0.05, 0.1) is 0 Å². The summed E-state index contributed by atoms with van der Waals surface area (Å²) in [6, 6.07) is 0.131. The van der Waals surface area contributed by atoms with E-state index in [-0.39, 0.29) is 17.2 Å². The highest BCUT2D eigenvalue weighted by Crippen LogP contribution is 2.27. The number of aromatic nitrogens is 3. The van der Waals surface area contributed by atoms with Gasteiger partial charge in [-0.15, -0.1) is 10.2 Å². The summed E-state index contributed by atoms with van der Waals surface area (Å²) in [7, 11) is 0. The van der Waals surface area contributed by atoms with Gasteiger partial charge in [-0.3, -0.25) is 4.57 Å². The van der Waals surface area contributed by atoms with E-state index in [2.05, 4.69) is 10.2 Å². The largest absolute Gasteiger partial charge is 0.264 e. The minimum atomic E-state index is -1.54. The van der Waals surface area contributed by atoms with Crippen LogP contribution in [0.1, 0.15) is 19.2 Å². The average molecular weight is 294 g/mol. The molecule has 0 bridgehead atoms. The molecule has 1 aromatic carbocycles. The first-order valence-corrected chi connectivity index (χ1v) is 5.78. The predicted molar refractivity (Wildman–Crippen MR) is 60.2 cm³/mol. The van der Waals surface area contributed by atoms with Gasteiger partial charge >= 0.3 is 0 Å². The van der Waals surface area contributed by atoms with Crippen LogP contribution in [-0.2, 0) is 6.42 Å². The second-order valence-electron chi connectivity index (χ2n) is 3.79. The average Bonchev–Trinajstić information content (AvgIpc) is 2.70. The van der Waals surface area contributed by atoms with Gasteiger partial charge in [0.2, 0.25) is 5.28 Å². The standard InChI is InChI=1S/C11H8ClF4N3/c1-2-3-7-17-18-11(12)19(7)10-8(15)5(13)4-6(14)9(10)16/h4H,2-3H2,1H3. The second kappa shape index (κ2) is 5.16. The van der Waals surface area contributed by atoms with Gasteiger partial charge in [-0.2, -0.15) is 0 Å². The van der Waals surface area contributed by atoms with Gasteiger partial charge < -0.3 is 0 Å². The molecule has 0 saturated heterocycles. The van der Waals surface area contributed by atoms with E-state index < -0.39 is 29.0 Å². The first-order chi connectivity index (χ1) is 8.97. The minimum absolute atomic E-state index is 0.121. The third kappa shape index (κ3) is 2.30. The lowest BCUT2D eigenvalue weighted by Gasteiger charge is -2.10. The highest BCUT2D eigenvalue weighted by atomic mass is 35.5.